The fourth-order valence-corrected chi connectivity index (χ4v) is 3.28. The van der Waals surface area contributed by atoms with Gasteiger partial charge in [-0.15, -0.1) is 0 Å². The number of benzene rings is 1. The Balaban J connectivity index is 1.87. The average Bonchev–Trinajstić information content (AvgIpc) is 2.95. The summed E-state index contributed by atoms with van der Waals surface area (Å²) in [5.74, 6) is 1.66. The van der Waals surface area contributed by atoms with E-state index in [-0.39, 0.29) is 10.8 Å². The Hall–Kier alpha value is -1.61. The summed E-state index contributed by atoms with van der Waals surface area (Å²) >= 11 is 0. The molecule has 0 bridgehead atoms. The van der Waals surface area contributed by atoms with Crippen molar-refractivity contribution in [2.75, 3.05) is 13.6 Å². The molecule has 1 heterocycles. The summed E-state index contributed by atoms with van der Waals surface area (Å²) in [5, 5.41) is 0. The molecule has 0 saturated heterocycles. The van der Waals surface area contributed by atoms with Crippen LogP contribution in [0.25, 0.3) is 0 Å². The van der Waals surface area contributed by atoms with E-state index in [4.69, 9.17) is 0 Å². The first-order valence-electron chi connectivity index (χ1n) is 9.77. The van der Waals surface area contributed by atoms with E-state index in [2.05, 4.69) is 94.6 Å². The number of imidazole rings is 1. The van der Waals surface area contributed by atoms with Crippen LogP contribution >= 0.6 is 0 Å². The molecular weight excluding hydrogens is 318 g/mol. The second kappa shape index (κ2) is 7.96. The molecule has 2 rings (SSSR count). The fraction of sp³-hybridized carbons (Fsp3) is 0.609. The minimum absolute atomic E-state index is 0.121. The van der Waals surface area contributed by atoms with Crippen LogP contribution in [-0.4, -0.2) is 28.5 Å². The van der Waals surface area contributed by atoms with Crippen LogP contribution in [0.15, 0.2) is 30.5 Å². The van der Waals surface area contributed by atoms with E-state index in [1.807, 2.05) is 6.20 Å². The largest absolute Gasteiger partial charge is 0.344 e. The van der Waals surface area contributed by atoms with Crippen LogP contribution in [0, 0.1) is 5.92 Å². The zero-order chi connectivity index (χ0) is 19.5. The number of nitrogens with zero attached hydrogens (tertiary/aromatic N) is 2. The molecular formula is C23H37N3. The van der Waals surface area contributed by atoms with Crippen molar-refractivity contribution in [3.63, 3.8) is 0 Å². The molecule has 144 valence electrons. The van der Waals surface area contributed by atoms with Crippen molar-refractivity contribution in [3.8, 4) is 0 Å². The van der Waals surface area contributed by atoms with E-state index in [0.717, 1.165) is 25.3 Å². The lowest BCUT2D eigenvalue weighted by molar-refractivity contribution is 0.272. The minimum atomic E-state index is 0.121. The van der Waals surface area contributed by atoms with Crippen LogP contribution in [0.5, 0.6) is 0 Å². The van der Waals surface area contributed by atoms with Gasteiger partial charge in [0.25, 0.3) is 0 Å². The van der Waals surface area contributed by atoms with E-state index in [0.29, 0.717) is 5.92 Å². The van der Waals surface area contributed by atoms with Gasteiger partial charge < -0.3 is 4.98 Å². The molecule has 0 aliphatic heterocycles. The van der Waals surface area contributed by atoms with Crippen LogP contribution in [-0.2, 0) is 23.8 Å². The standard InChI is InChI=1S/C23H37N3/c1-17(13-18-9-11-19(12-10-18)22(2,3)4)15-26(8)16-21-24-14-20(25-21)23(5,6)7/h9-12,14,17H,13,15-16H2,1-8H3,(H,24,25). The molecule has 3 nitrogen and oxygen atoms in total. The zero-order valence-corrected chi connectivity index (χ0v) is 18.0. The number of H-pyrrole nitrogens is 1. The van der Waals surface area contributed by atoms with Gasteiger partial charge >= 0.3 is 0 Å². The number of nitrogens with one attached hydrogen (secondary N) is 1. The highest BCUT2D eigenvalue weighted by atomic mass is 15.1. The minimum Gasteiger partial charge on any atom is -0.344 e. The van der Waals surface area contributed by atoms with Crippen LogP contribution in [0.3, 0.4) is 0 Å². The lowest BCUT2D eigenvalue weighted by Gasteiger charge is -2.22. The molecule has 0 saturated carbocycles. The lowest BCUT2D eigenvalue weighted by Crippen LogP contribution is -2.25. The molecule has 0 radical (unpaired) electrons. The summed E-state index contributed by atoms with van der Waals surface area (Å²) < 4.78 is 0. The van der Waals surface area contributed by atoms with Crippen molar-refractivity contribution in [2.45, 2.75) is 72.3 Å². The summed E-state index contributed by atoms with van der Waals surface area (Å²) in [6.07, 6.45) is 3.09. The molecule has 1 aromatic heterocycles. The van der Waals surface area contributed by atoms with Crippen molar-refractivity contribution in [3.05, 3.63) is 53.1 Å². The third-order valence-electron chi connectivity index (χ3n) is 4.88. The van der Waals surface area contributed by atoms with Gasteiger partial charge in [-0.05, 0) is 35.9 Å². The Kier molecular flexibility index (Phi) is 6.33. The van der Waals surface area contributed by atoms with Crippen molar-refractivity contribution in [1.29, 1.82) is 0 Å². The summed E-state index contributed by atoms with van der Waals surface area (Å²) in [5.41, 5.74) is 4.37. The second-order valence-electron chi connectivity index (χ2n) is 9.95. The maximum Gasteiger partial charge on any atom is 0.120 e. The van der Waals surface area contributed by atoms with Gasteiger partial charge in [0, 0.05) is 23.9 Å². The Morgan fingerprint density at radius 3 is 2.12 bits per heavy atom. The van der Waals surface area contributed by atoms with Crippen molar-refractivity contribution in [2.24, 2.45) is 5.92 Å². The average molecular weight is 356 g/mol. The van der Waals surface area contributed by atoms with Crippen molar-refractivity contribution >= 4 is 0 Å². The highest BCUT2D eigenvalue weighted by Gasteiger charge is 2.17. The third-order valence-corrected chi connectivity index (χ3v) is 4.88. The molecule has 0 fully saturated rings. The molecule has 1 aromatic carbocycles. The summed E-state index contributed by atoms with van der Waals surface area (Å²) in [4.78, 5) is 10.4. The lowest BCUT2D eigenvalue weighted by atomic mass is 9.86. The summed E-state index contributed by atoms with van der Waals surface area (Å²) in [7, 11) is 2.18. The van der Waals surface area contributed by atoms with Gasteiger partial charge in [0.05, 0.1) is 6.54 Å². The van der Waals surface area contributed by atoms with Crippen LogP contribution in [0.4, 0.5) is 0 Å². The SMILES string of the molecule is CC(Cc1ccc(C(C)(C)C)cc1)CN(C)Cc1ncc(C(C)(C)C)[nH]1. The van der Waals surface area contributed by atoms with Gasteiger partial charge in [-0.1, -0.05) is 72.7 Å². The van der Waals surface area contributed by atoms with Gasteiger partial charge in [-0.3, -0.25) is 4.90 Å². The second-order valence-corrected chi connectivity index (χ2v) is 9.95. The van der Waals surface area contributed by atoms with Crippen molar-refractivity contribution in [1.82, 2.24) is 14.9 Å². The molecule has 1 atom stereocenters. The van der Waals surface area contributed by atoms with Gasteiger partial charge in [0.15, 0.2) is 0 Å². The van der Waals surface area contributed by atoms with Gasteiger partial charge in [0.2, 0.25) is 0 Å². The number of aromatic nitrogens is 2. The maximum absolute atomic E-state index is 4.55. The van der Waals surface area contributed by atoms with Gasteiger partial charge in [0.1, 0.15) is 5.82 Å². The van der Waals surface area contributed by atoms with E-state index in [9.17, 15) is 0 Å². The predicted octanol–water partition coefficient (Wildman–Crippen LogP) is 5.32. The van der Waals surface area contributed by atoms with Gasteiger partial charge in [-0.2, -0.15) is 0 Å². The Morgan fingerprint density at radius 2 is 1.62 bits per heavy atom. The first-order valence-corrected chi connectivity index (χ1v) is 9.77. The van der Waals surface area contributed by atoms with Crippen LogP contribution < -0.4 is 0 Å². The highest BCUT2D eigenvalue weighted by Crippen LogP contribution is 2.23. The van der Waals surface area contributed by atoms with E-state index >= 15 is 0 Å². The number of aromatic amines is 1. The number of hydrogen-bond acceptors (Lipinski definition) is 2. The quantitative estimate of drug-likeness (QED) is 0.761. The maximum atomic E-state index is 4.55. The molecule has 0 amide bonds. The van der Waals surface area contributed by atoms with Crippen LogP contribution in [0.2, 0.25) is 0 Å². The Morgan fingerprint density at radius 1 is 1.00 bits per heavy atom. The van der Waals surface area contributed by atoms with Crippen LogP contribution in [0.1, 0.15) is 71.1 Å². The Labute approximate surface area is 160 Å². The predicted molar refractivity (Wildman–Crippen MR) is 112 cm³/mol. The monoisotopic (exact) mass is 355 g/mol. The first-order chi connectivity index (χ1) is 11.9. The van der Waals surface area contributed by atoms with Gasteiger partial charge in [-0.25, -0.2) is 4.98 Å². The molecule has 0 spiro atoms. The van der Waals surface area contributed by atoms with E-state index in [1.165, 1.54) is 16.8 Å². The zero-order valence-electron chi connectivity index (χ0n) is 18.0. The number of hydrogen-bond donors (Lipinski definition) is 1. The fourth-order valence-electron chi connectivity index (χ4n) is 3.28. The smallest absolute Gasteiger partial charge is 0.120 e. The van der Waals surface area contributed by atoms with E-state index in [1.54, 1.807) is 0 Å². The molecule has 3 heteroatoms. The molecule has 26 heavy (non-hydrogen) atoms. The molecule has 2 aromatic rings. The topological polar surface area (TPSA) is 31.9 Å². The first kappa shape index (κ1) is 20.7. The number of rotatable bonds is 6. The third kappa shape index (κ3) is 5.98. The highest BCUT2D eigenvalue weighted by molar-refractivity contribution is 5.27. The molecule has 1 N–H and O–H groups in total. The molecule has 0 aliphatic rings. The Bertz CT molecular complexity index is 683. The van der Waals surface area contributed by atoms with Crippen molar-refractivity contribution < 1.29 is 0 Å². The summed E-state index contributed by atoms with van der Waals surface area (Å²) in [6, 6.07) is 9.14. The molecule has 0 aliphatic carbocycles. The normalized spacial score (nSPS) is 14.0. The summed E-state index contributed by atoms with van der Waals surface area (Å²) in [6.45, 7) is 17.7. The van der Waals surface area contributed by atoms with E-state index < -0.39 is 0 Å². The molecule has 1 unspecified atom stereocenters.